The molecule has 0 saturated carbocycles. The number of hydrogen-bond donors (Lipinski definition) is 0. The first-order chi connectivity index (χ1) is 8.00. The van der Waals surface area contributed by atoms with Gasteiger partial charge in [0.15, 0.2) is 0 Å². The van der Waals surface area contributed by atoms with E-state index >= 15 is 0 Å². The topological polar surface area (TPSA) is 17.1 Å². The Bertz CT molecular complexity index is 573. The second-order valence-corrected chi connectivity index (χ2v) is 6.39. The van der Waals surface area contributed by atoms with Gasteiger partial charge in [-0.25, -0.2) is 0 Å². The largest absolute Gasteiger partial charge is 0.288 e. The van der Waals surface area contributed by atoms with Gasteiger partial charge in [-0.15, -0.1) is 11.3 Å². The monoisotopic (exact) mass is 348 g/mol. The first kappa shape index (κ1) is 13.1. The number of carbonyl (C=O) groups is 1. The Hall–Kier alpha value is -0.350. The lowest BCUT2D eigenvalue weighted by Crippen LogP contribution is -2.01. The van der Waals surface area contributed by atoms with E-state index in [1.807, 2.05) is 6.92 Å². The third-order valence-electron chi connectivity index (χ3n) is 2.38. The molecule has 2 rings (SSSR count). The van der Waals surface area contributed by atoms with Crippen LogP contribution in [0.2, 0.25) is 9.36 Å². The van der Waals surface area contributed by atoms with Crippen molar-refractivity contribution in [1.29, 1.82) is 0 Å². The van der Waals surface area contributed by atoms with Gasteiger partial charge in [-0.2, -0.15) is 0 Å². The first-order valence-corrected chi connectivity index (χ1v) is 7.12. The second-order valence-electron chi connectivity index (χ2n) is 3.47. The highest BCUT2D eigenvalue weighted by Gasteiger charge is 2.16. The van der Waals surface area contributed by atoms with Crippen molar-refractivity contribution in [2.45, 2.75) is 6.92 Å². The molecule has 0 radical (unpaired) electrons. The summed E-state index contributed by atoms with van der Waals surface area (Å²) in [4.78, 5) is 12.9. The van der Waals surface area contributed by atoms with Crippen LogP contribution in [-0.4, -0.2) is 5.78 Å². The average Bonchev–Trinajstić information content (AvgIpc) is 2.62. The minimum atomic E-state index is -0.0531. The molecule has 0 saturated heterocycles. The Morgan fingerprint density at radius 1 is 1.35 bits per heavy atom. The van der Waals surface area contributed by atoms with Crippen molar-refractivity contribution >= 4 is 56.3 Å². The van der Waals surface area contributed by atoms with Crippen LogP contribution in [0.3, 0.4) is 0 Å². The smallest absolute Gasteiger partial charge is 0.203 e. The van der Waals surface area contributed by atoms with E-state index in [0.29, 0.717) is 19.8 Å². The zero-order valence-electron chi connectivity index (χ0n) is 8.76. The van der Waals surface area contributed by atoms with Crippen molar-refractivity contribution in [3.63, 3.8) is 0 Å². The molecule has 17 heavy (non-hydrogen) atoms. The molecule has 0 unspecified atom stereocenters. The molecular formula is C12H7BrCl2OS. The molecule has 0 atom stereocenters. The summed E-state index contributed by atoms with van der Waals surface area (Å²) < 4.78 is 1.32. The van der Waals surface area contributed by atoms with Crippen molar-refractivity contribution < 1.29 is 4.79 Å². The second kappa shape index (κ2) is 5.11. The van der Waals surface area contributed by atoms with Gasteiger partial charge in [0.05, 0.1) is 4.88 Å². The third-order valence-corrected chi connectivity index (χ3v) is 5.26. The zero-order valence-corrected chi connectivity index (χ0v) is 12.7. The van der Waals surface area contributed by atoms with Gasteiger partial charge < -0.3 is 0 Å². The molecule has 0 spiro atoms. The van der Waals surface area contributed by atoms with Gasteiger partial charge in [0.25, 0.3) is 0 Å². The van der Waals surface area contributed by atoms with Crippen molar-refractivity contribution in [3.8, 4) is 0 Å². The molecule has 2 aromatic rings. The Labute approximate surface area is 121 Å². The summed E-state index contributed by atoms with van der Waals surface area (Å²) in [5.41, 5.74) is 1.41. The zero-order chi connectivity index (χ0) is 12.6. The van der Waals surface area contributed by atoms with Crippen LogP contribution in [0.5, 0.6) is 0 Å². The minimum absolute atomic E-state index is 0.0531. The molecule has 1 nitrogen and oxygen atoms in total. The maximum atomic E-state index is 12.3. The van der Waals surface area contributed by atoms with E-state index in [0.717, 1.165) is 10.0 Å². The van der Waals surface area contributed by atoms with Crippen LogP contribution in [-0.2, 0) is 0 Å². The molecule has 88 valence electrons. The van der Waals surface area contributed by atoms with Crippen LogP contribution in [0, 0.1) is 6.92 Å². The van der Waals surface area contributed by atoms with Gasteiger partial charge >= 0.3 is 0 Å². The van der Waals surface area contributed by atoms with Crippen LogP contribution in [0.25, 0.3) is 0 Å². The molecule has 0 fully saturated rings. The number of halogens is 3. The average molecular weight is 350 g/mol. The normalized spacial score (nSPS) is 10.6. The highest BCUT2D eigenvalue weighted by Crippen LogP contribution is 2.34. The fourth-order valence-electron chi connectivity index (χ4n) is 1.44. The summed E-state index contributed by atoms with van der Waals surface area (Å²) in [5, 5.41) is 0.595. The molecule has 0 N–H and O–H groups in total. The number of carbonyl (C=O) groups excluding carboxylic acids is 1. The molecule has 0 aliphatic heterocycles. The minimum Gasteiger partial charge on any atom is -0.288 e. The maximum Gasteiger partial charge on any atom is 0.203 e. The molecule has 0 bridgehead atoms. The Morgan fingerprint density at radius 3 is 2.65 bits per heavy atom. The third kappa shape index (κ3) is 2.58. The summed E-state index contributed by atoms with van der Waals surface area (Å²) in [6.45, 7) is 1.83. The van der Waals surface area contributed by atoms with Gasteiger partial charge in [0.1, 0.15) is 4.34 Å². The fraction of sp³-hybridized carbons (Fsp3) is 0.0833. The lowest BCUT2D eigenvalue weighted by molar-refractivity contribution is 0.104. The van der Waals surface area contributed by atoms with Crippen LogP contribution in [0.4, 0.5) is 0 Å². The van der Waals surface area contributed by atoms with Crippen LogP contribution in [0.15, 0.2) is 28.7 Å². The molecule has 1 aromatic carbocycles. The van der Waals surface area contributed by atoms with Crippen LogP contribution in [0.1, 0.15) is 20.8 Å². The number of benzene rings is 1. The SMILES string of the molecule is Cc1c(Cl)cccc1C(=O)c1cc(Br)c(Cl)s1. The number of hydrogen-bond acceptors (Lipinski definition) is 2. The molecule has 0 amide bonds. The molecule has 1 aromatic heterocycles. The maximum absolute atomic E-state index is 12.3. The van der Waals surface area contributed by atoms with Gasteiger partial charge in [-0.05, 0) is 40.5 Å². The quantitative estimate of drug-likeness (QED) is 0.667. The fourth-order valence-corrected chi connectivity index (χ4v) is 3.28. The van der Waals surface area contributed by atoms with Crippen LogP contribution < -0.4 is 0 Å². The molecular weight excluding hydrogens is 343 g/mol. The van der Waals surface area contributed by atoms with Crippen molar-refractivity contribution in [1.82, 2.24) is 0 Å². The first-order valence-electron chi connectivity index (χ1n) is 4.75. The lowest BCUT2D eigenvalue weighted by Gasteiger charge is -2.04. The summed E-state index contributed by atoms with van der Waals surface area (Å²) in [6.07, 6.45) is 0. The molecule has 0 aliphatic rings. The summed E-state index contributed by atoms with van der Waals surface area (Å²) in [7, 11) is 0. The predicted molar refractivity (Wildman–Crippen MR) is 76.7 cm³/mol. The van der Waals surface area contributed by atoms with E-state index in [4.69, 9.17) is 23.2 Å². The van der Waals surface area contributed by atoms with E-state index in [1.54, 1.807) is 24.3 Å². The van der Waals surface area contributed by atoms with Gasteiger partial charge in [0.2, 0.25) is 5.78 Å². The van der Waals surface area contributed by atoms with E-state index in [9.17, 15) is 4.79 Å². The van der Waals surface area contributed by atoms with Gasteiger partial charge in [-0.3, -0.25) is 4.79 Å². The Morgan fingerprint density at radius 2 is 2.06 bits per heavy atom. The van der Waals surface area contributed by atoms with Gasteiger partial charge in [-0.1, -0.05) is 35.3 Å². The van der Waals surface area contributed by atoms with Crippen molar-refractivity contribution in [2.24, 2.45) is 0 Å². The van der Waals surface area contributed by atoms with E-state index in [1.165, 1.54) is 11.3 Å². The van der Waals surface area contributed by atoms with Crippen LogP contribution >= 0.6 is 50.5 Å². The van der Waals surface area contributed by atoms with E-state index in [2.05, 4.69) is 15.9 Å². The lowest BCUT2D eigenvalue weighted by atomic mass is 10.0. The Kier molecular flexibility index (Phi) is 3.93. The highest BCUT2D eigenvalue weighted by molar-refractivity contribution is 9.10. The number of rotatable bonds is 2. The predicted octanol–water partition coefficient (Wildman–Crippen LogP) is 5.36. The Balaban J connectivity index is 2.47. The van der Waals surface area contributed by atoms with Crippen molar-refractivity contribution in [2.75, 3.05) is 0 Å². The molecule has 0 aliphatic carbocycles. The summed E-state index contributed by atoms with van der Waals surface area (Å²) in [6, 6.07) is 7.04. The van der Waals surface area contributed by atoms with Crippen molar-refractivity contribution in [3.05, 3.63) is 54.1 Å². The molecule has 5 heteroatoms. The number of ketones is 1. The van der Waals surface area contributed by atoms with E-state index < -0.39 is 0 Å². The number of thiophene rings is 1. The van der Waals surface area contributed by atoms with Gasteiger partial charge in [0, 0.05) is 15.1 Å². The standard InChI is InChI=1S/C12H7BrCl2OS/c1-6-7(3-2-4-9(6)14)11(16)10-5-8(13)12(15)17-10/h2-5H,1H3. The highest BCUT2D eigenvalue weighted by atomic mass is 79.9. The summed E-state index contributed by atoms with van der Waals surface area (Å²) >= 11 is 16.5. The summed E-state index contributed by atoms with van der Waals surface area (Å²) in [5.74, 6) is -0.0531. The molecule has 1 heterocycles. The van der Waals surface area contributed by atoms with E-state index in [-0.39, 0.29) is 5.78 Å².